The predicted octanol–water partition coefficient (Wildman–Crippen LogP) is 3.39. The van der Waals surface area contributed by atoms with E-state index in [4.69, 9.17) is 5.73 Å². The van der Waals surface area contributed by atoms with Gasteiger partial charge in [-0.1, -0.05) is 54.6 Å². The van der Waals surface area contributed by atoms with Gasteiger partial charge >= 0.3 is 0 Å². The zero-order valence-corrected chi connectivity index (χ0v) is 10.3. The van der Waals surface area contributed by atoms with Gasteiger partial charge in [-0.3, -0.25) is 0 Å². The van der Waals surface area contributed by atoms with Crippen molar-refractivity contribution in [2.75, 3.05) is 5.73 Å². The summed E-state index contributed by atoms with van der Waals surface area (Å²) in [6.07, 6.45) is 3.24. The van der Waals surface area contributed by atoms with Gasteiger partial charge in [-0.15, -0.1) is 0 Å². The Hall–Kier alpha value is -2.68. The Morgan fingerprint density at radius 1 is 0.632 bits per heavy atom. The minimum atomic E-state index is 0.574. The lowest BCUT2D eigenvalue weighted by Gasteiger charge is -2.04. The first-order valence-electron chi connectivity index (χ1n) is 6.06. The number of hydrogen-bond acceptors (Lipinski definition) is 3. The Kier molecular flexibility index (Phi) is 2.94. The van der Waals surface area contributed by atoms with Crippen LogP contribution in [0.5, 0.6) is 0 Å². The van der Waals surface area contributed by atoms with E-state index in [1.807, 2.05) is 30.3 Å². The molecule has 0 saturated carbocycles. The summed E-state index contributed by atoms with van der Waals surface area (Å²) >= 11 is 0. The largest absolute Gasteiger partial charge is 0.396 e. The summed E-state index contributed by atoms with van der Waals surface area (Å²) in [6, 6.07) is 18.5. The molecular formula is C16H13N3. The van der Waals surface area contributed by atoms with Crippen LogP contribution in [0.3, 0.4) is 0 Å². The van der Waals surface area contributed by atoms with Gasteiger partial charge in [-0.2, -0.15) is 0 Å². The molecule has 2 N–H and O–H groups in total. The molecule has 3 aromatic rings. The molecular weight excluding hydrogens is 234 g/mol. The monoisotopic (exact) mass is 247 g/mol. The number of nitrogen functional groups attached to an aromatic ring is 1. The lowest BCUT2D eigenvalue weighted by Crippen LogP contribution is -1.92. The third-order valence-electron chi connectivity index (χ3n) is 2.92. The van der Waals surface area contributed by atoms with Crippen LogP contribution in [0.1, 0.15) is 0 Å². The molecule has 0 amide bonds. The topological polar surface area (TPSA) is 51.8 Å². The average Bonchev–Trinajstić information content (AvgIpc) is 2.49. The lowest BCUT2D eigenvalue weighted by molar-refractivity contribution is 1.18. The van der Waals surface area contributed by atoms with E-state index in [0.717, 1.165) is 5.56 Å². The quantitative estimate of drug-likeness (QED) is 0.755. The van der Waals surface area contributed by atoms with Gasteiger partial charge in [0.15, 0.2) is 5.82 Å². The smallest absolute Gasteiger partial charge is 0.159 e. The molecule has 3 rings (SSSR count). The molecule has 0 bridgehead atoms. The molecule has 0 radical (unpaired) electrons. The van der Waals surface area contributed by atoms with Crippen LogP contribution in [-0.2, 0) is 0 Å². The van der Waals surface area contributed by atoms with E-state index < -0.39 is 0 Å². The first kappa shape index (κ1) is 11.4. The predicted molar refractivity (Wildman–Crippen MR) is 77.3 cm³/mol. The van der Waals surface area contributed by atoms with Gasteiger partial charge in [0.25, 0.3) is 0 Å². The van der Waals surface area contributed by atoms with Crippen LogP contribution in [0.25, 0.3) is 22.5 Å². The average molecular weight is 247 g/mol. The van der Waals surface area contributed by atoms with E-state index in [-0.39, 0.29) is 0 Å². The highest BCUT2D eigenvalue weighted by Crippen LogP contribution is 2.22. The minimum absolute atomic E-state index is 0.574. The molecule has 0 aliphatic carbocycles. The van der Waals surface area contributed by atoms with E-state index in [1.165, 1.54) is 11.1 Å². The molecule has 0 saturated heterocycles. The van der Waals surface area contributed by atoms with Crippen LogP contribution in [0, 0.1) is 0 Å². The van der Waals surface area contributed by atoms with Gasteiger partial charge in [-0.05, 0) is 11.1 Å². The number of hydrogen-bond donors (Lipinski definition) is 1. The number of rotatable bonds is 2. The first-order chi connectivity index (χ1) is 9.33. The lowest BCUT2D eigenvalue weighted by atomic mass is 10.0. The Labute approximate surface area is 111 Å². The summed E-state index contributed by atoms with van der Waals surface area (Å²) in [5.74, 6) is 0.689. The molecule has 0 unspecified atom stereocenters. The molecule has 0 spiro atoms. The summed E-state index contributed by atoms with van der Waals surface area (Å²) in [6.45, 7) is 0. The fourth-order valence-electron chi connectivity index (χ4n) is 1.93. The van der Waals surface area contributed by atoms with Crippen molar-refractivity contribution < 1.29 is 0 Å². The van der Waals surface area contributed by atoms with Gasteiger partial charge in [-0.25, -0.2) is 9.97 Å². The van der Waals surface area contributed by atoms with Crippen molar-refractivity contribution in [3.05, 3.63) is 67.0 Å². The zero-order chi connectivity index (χ0) is 13.1. The Morgan fingerprint density at radius 3 is 1.79 bits per heavy atom. The van der Waals surface area contributed by atoms with Crippen molar-refractivity contribution in [2.45, 2.75) is 0 Å². The van der Waals surface area contributed by atoms with Gasteiger partial charge in [0, 0.05) is 5.56 Å². The SMILES string of the molecule is Nc1cnc(-c2ccc(-c3ccccc3)cc2)nc1. The van der Waals surface area contributed by atoms with Crippen LogP contribution in [-0.4, -0.2) is 9.97 Å². The van der Waals surface area contributed by atoms with Gasteiger partial charge in [0.2, 0.25) is 0 Å². The van der Waals surface area contributed by atoms with Gasteiger partial charge < -0.3 is 5.73 Å². The highest BCUT2D eigenvalue weighted by molar-refractivity contribution is 5.67. The number of nitrogens with two attached hydrogens (primary N) is 1. The van der Waals surface area contributed by atoms with E-state index >= 15 is 0 Å². The van der Waals surface area contributed by atoms with E-state index in [0.29, 0.717) is 11.5 Å². The number of aromatic nitrogens is 2. The summed E-state index contributed by atoms with van der Waals surface area (Å²) in [7, 11) is 0. The fourth-order valence-corrected chi connectivity index (χ4v) is 1.93. The summed E-state index contributed by atoms with van der Waals surface area (Å²) in [5.41, 5.74) is 9.52. The molecule has 0 atom stereocenters. The van der Waals surface area contributed by atoms with Crippen LogP contribution >= 0.6 is 0 Å². The Morgan fingerprint density at radius 2 is 1.16 bits per heavy atom. The van der Waals surface area contributed by atoms with Crippen LogP contribution in [0.2, 0.25) is 0 Å². The highest BCUT2D eigenvalue weighted by atomic mass is 14.9. The van der Waals surface area contributed by atoms with Gasteiger partial charge in [0.1, 0.15) is 0 Å². The number of benzene rings is 2. The third kappa shape index (κ3) is 2.45. The van der Waals surface area contributed by atoms with Crippen molar-refractivity contribution in [3.63, 3.8) is 0 Å². The maximum Gasteiger partial charge on any atom is 0.159 e. The van der Waals surface area contributed by atoms with Crippen molar-refractivity contribution in [2.24, 2.45) is 0 Å². The first-order valence-corrected chi connectivity index (χ1v) is 6.06. The summed E-state index contributed by atoms with van der Waals surface area (Å²) in [4.78, 5) is 8.43. The van der Waals surface area contributed by atoms with Gasteiger partial charge in [0.05, 0.1) is 18.1 Å². The van der Waals surface area contributed by atoms with Crippen LogP contribution in [0.15, 0.2) is 67.0 Å². The minimum Gasteiger partial charge on any atom is -0.396 e. The summed E-state index contributed by atoms with van der Waals surface area (Å²) in [5, 5.41) is 0. The highest BCUT2D eigenvalue weighted by Gasteiger charge is 2.02. The van der Waals surface area contributed by atoms with Crippen LogP contribution < -0.4 is 5.73 Å². The number of nitrogens with zero attached hydrogens (tertiary/aromatic N) is 2. The fraction of sp³-hybridized carbons (Fsp3) is 0. The van der Waals surface area contributed by atoms with Crippen LogP contribution in [0.4, 0.5) is 5.69 Å². The molecule has 0 fully saturated rings. The Balaban J connectivity index is 1.93. The molecule has 0 aliphatic rings. The molecule has 92 valence electrons. The zero-order valence-electron chi connectivity index (χ0n) is 10.3. The molecule has 2 aromatic carbocycles. The second-order valence-corrected chi connectivity index (χ2v) is 4.28. The molecule has 3 heteroatoms. The maximum absolute atomic E-state index is 5.58. The second kappa shape index (κ2) is 4.90. The number of anilines is 1. The van der Waals surface area contributed by atoms with Crippen molar-refractivity contribution in [3.8, 4) is 22.5 Å². The van der Waals surface area contributed by atoms with E-state index in [9.17, 15) is 0 Å². The van der Waals surface area contributed by atoms with Crippen molar-refractivity contribution in [1.82, 2.24) is 9.97 Å². The van der Waals surface area contributed by atoms with Crippen molar-refractivity contribution >= 4 is 5.69 Å². The Bertz CT molecular complexity index is 659. The molecule has 19 heavy (non-hydrogen) atoms. The second-order valence-electron chi connectivity index (χ2n) is 4.28. The maximum atomic E-state index is 5.58. The van der Waals surface area contributed by atoms with Crippen molar-refractivity contribution in [1.29, 1.82) is 0 Å². The normalized spacial score (nSPS) is 10.3. The molecule has 0 aliphatic heterocycles. The van der Waals surface area contributed by atoms with E-state index in [2.05, 4.69) is 34.2 Å². The standard InChI is InChI=1S/C16H13N3/c17-15-10-18-16(19-11-15)14-8-6-13(7-9-14)12-4-2-1-3-5-12/h1-11H,17H2. The molecule has 3 nitrogen and oxygen atoms in total. The molecule has 1 heterocycles. The third-order valence-corrected chi connectivity index (χ3v) is 2.92. The van der Waals surface area contributed by atoms with E-state index in [1.54, 1.807) is 12.4 Å². The molecule has 1 aromatic heterocycles. The summed E-state index contributed by atoms with van der Waals surface area (Å²) < 4.78 is 0.